The highest BCUT2D eigenvalue weighted by atomic mass is 15.1. The van der Waals surface area contributed by atoms with Crippen LogP contribution in [0.2, 0.25) is 0 Å². The fraction of sp³-hybridized carbons (Fsp3) is 0.263. The zero-order chi connectivity index (χ0) is 14.8. The Balaban J connectivity index is 2.54. The molecule has 1 aromatic carbocycles. The quantitative estimate of drug-likeness (QED) is 0.569. The van der Waals surface area contributed by atoms with Crippen LogP contribution in [0.3, 0.4) is 0 Å². The number of nitrogens with zero attached hydrogens (tertiary/aromatic N) is 1. The second-order valence-electron chi connectivity index (χ2n) is 4.80. The zero-order valence-electron chi connectivity index (χ0n) is 12.7. The Morgan fingerprint density at radius 1 is 1.30 bits per heavy atom. The molecular formula is C19H23N. The molecule has 1 heteroatoms. The molecule has 0 spiro atoms. The van der Waals surface area contributed by atoms with Crippen molar-refractivity contribution in [2.75, 3.05) is 13.6 Å². The van der Waals surface area contributed by atoms with Crippen molar-refractivity contribution in [3.63, 3.8) is 0 Å². The normalized spacial score (nSPS) is 12.0. The fourth-order valence-electron chi connectivity index (χ4n) is 1.72. The van der Waals surface area contributed by atoms with E-state index in [-0.39, 0.29) is 0 Å². The molecule has 0 atom stereocenters. The van der Waals surface area contributed by atoms with Crippen molar-refractivity contribution in [3.8, 4) is 11.8 Å². The van der Waals surface area contributed by atoms with Gasteiger partial charge >= 0.3 is 0 Å². The summed E-state index contributed by atoms with van der Waals surface area (Å²) in [5.74, 6) is 6.41. The van der Waals surface area contributed by atoms with Crippen LogP contribution in [0.25, 0.3) is 0 Å². The summed E-state index contributed by atoms with van der Waals surface area (Å²) in [6.07, 6.45) is 5.92. The van der Waals surface area contributed by atoms with Crippen molar-refractivity contribution in [3.05, 3.63) is 71.8 Å². The maximum absolute atomic E-state index is 3.75. The van der Waals surface area contributed by atoms with Crippen LogP contribution in [0.1, 0.15) is 19.4 Å². The van der Waals surface area contributed by atoms with Crippen LogP contribution in [0.5, 0.6) is 0 Å². The van der Waals surface area contributed by atoms with E-state index in [1.807, 2.05) is 32.1 Å². The molecule has 0 aromatic heterocycles. The van der Waals surface area contributed by atoms with Gasteiger partial charge in [0.05, 0.1) is 6.54 Å². The molecule has 0 radical (unpaired) electrons. The lowest BCUT2D eigenvalue weighted by atomic mass is 10.1. The Morgan fingerprint density at radius 2 is 2.00 bits per heavy atom. The van der Waals surface area contributed by atoms with E-state index in [2.05, 4.69) is 60.7 Å². The van der Waals surface area contributed by atoms with Crippen molar-refractivity contribution in [1.82, 2.24) is 4.90 Å². The van der Waals surface area contributed by atoms with E-state index in [1.54, 1.807) is 0 Å². The molecule has 1 nitrogen and oxygen atoms in total. The molecule has 1 aromatic rings. The summed E-state index contributed by atoms with van der Waals surface area (Å²) in [6.45, 7) is 9.46. The molecule has 0 heterocycles. The average molecular weight is 265 g/mol. The van der Waals surface area contributed by atoms with Gasteiger partial charge in [0, 0.05) is 12.1 Å². The first-order valence-corrected chi connectivity index (χ1v) is 6.84. The summed E-state index contributed by atoms with van der Waals surface area (Å²) >= 11 is 0. The van der Waals surface area contributed by atoms with Gasteiger partial charge in [-0.2, -0.15) is 0 Å². The zero-order valence-corrected chi connectivity index (χ0v) is 12.7. The van der Waals surface area contributed by atoms with Crippen LogP contribution in [-0.2, 0) is 6.54 Å². The molecule has 0 N–H and O–H groups in total. The molecule has 0 fully saturated rings. The Labute approximate surface area is 123 Å². The fourth-order valence-corrected chi connectivity index (χ4v) is 1.72. The van der Waals surface area contributed by atoms with E-state index in [4.69, 9.17) is 0 Å². The summed E-state index contributed by atoms with van der Waals surface area (Å²) in [7, 11) is 2.09. The molecule has 1 rings (SSSR count). The van der Waals surface area contributed by atoms with Gasteiger partial charge in [0.25, 0.3) is 0 Å². The summed E-state index contributed by atoms with van der Waals surface area (Å²) in [4.78, 5) is 2.21. The molecule has 0 aliphatic carbocycles. The van der Waals surface area contributed by atoms with Crippen LogP contribution >= 0.6 is 0 Å². The van der Waals surface area contributed by atoms with Gasteiger partial charge < -0.3 is 0 Å². The predicted molar refractivity (Wildman–Crippen MR) is 88.3 cm³/mol. The molecule has 0 unspecified atom stereocenters. The lowest BCUT2D eigenvalue weighted by Gasteiger charge is -2.12. The maximum atomic E-state index is 3.75. The van der Waals surface area contributed by atoms with Crippen molar-refractivity contribution < 1.29 is 0 Å². The second-order valence-corrected chi connectivity index (χ2v) is 4.80. The smallest absolute Gasteiger partial charge is 0.0605 e. The standard InChI is InChI=1S/C19H23N/c1-5-17(3)15-18(6-2)13-10-14-20(4)16-19-11-8-7-9-12-19/h5-9,11-12,15H,1,14,16H2,2-4H3/b17-15-,18-6-. The third-order valence-corrected chi connectivity index (χ3v) is 2.89. The third kappa shape index (κ3) is 6.22. The van der Waals surface area contributed by atoms with E-state index in [9.17, 15) is 0 Å². The Kier molecular flexibility index (Phi) is 7.17. The number of hydrogen-bond acceptors (Lipinski definition) is 1. The number of hydrogen-bond donors (Lipinski definition) is 0. The Hall–Kier alpha value is -2.04. The molecule has 0 amide bonds. The molecule has 0 saturated carbocycles. The lowest BCUT2D eigenvalue weighted by Crippen LogP contribution is -2.17. The third-order valence-electron chi connectivity index (χ3n) is 2.89. The molecule has 20 heavy (non-hydrogen) atoms. The first kappa shape index (κ1) is 16.0. The molecule has 0 saturated heterocycles. The number of rotatable bonds is 5. The van der Waals surface area contributed by atoms with Gasteiger partial charge in [-0.3, -0.25) is 4.90 Å². The highest BCUT2D eigenvalue weighted by Crippen LogP contribution is 2.03. The van der Waals surface area contributed by atoms with Gasteiger partial charge in [-0.15, -0.1) is 0 Å². The van der Waals surface area contributed by atoms with Gasteiger partial charge in [0.2, 0.25) is 0 Å². The SMILES string of the molecule is C=C/C(C)=C\C(C#CCN(C)Cc1ccccc1)=C/C. The summed E-state index contributed by atoms with van der Waals surface area (Å²) in [5.41, 5.74) is 3.48. The van der Waals surface area contributed by atoms with Crippen LogP contribution in [0, 0.1) is 11.8 Å². The van der Waals surface area contributed by atoms with Gasteiger partial charge in [-0.25, -0.2) is 0 Å². The van der Waals surface area contributed by atoms with E-state index in [0.29, 0.717) is 0 Å². The first-order chi connectivity index (χ1) is 9.65. The van der Waals surface area contributed by atoms with Crippen molar-refractivity contribution in [2.24, 2.45) is 0 Å². The average Bonchev–Trinajstić information content (AvgIpc) is 2.47. The second kappa shape index (κ2) is 8.96. The van der Waals surface area contributed by atoms with Crippen LogP contribution in [0.15, 0.2) is 66.3 Å². The minimum Gasteiger partial charge on any atom is -0.291 e. The topological polar surface area (TPSA) is 3.24 Å². The molecule has 104 valence electrons. The van der Waals surface area contributed by atoms with E-state index in [0.717, 1.165) is 24.2 Å². The van der Waals surface area contributed by atoms with E-state index >= 15 is 0 Å². The van der Waals surface area contributed by atoms with Crippen molar-refractivity contribution in [1.29, 1.82) is 0 Å². The van der Waals surface area contributed by atoms with Crippen LogP contribution in [-0.4, -0.2) is 18.5 Å². The van der Waals surface area contributed by atoms with Crippen molar-refractivity contribution >= 4 is 0 Å². The van der Waals surface area contributed by atoms with Gasteiger partial charge in [0.15, 0.2) is 0 Å². The first-order valence-electron chi connectivity index (χ1n) is 6.84. The largest absolute Gasteiger partial charge is 0.291 e. The minimum atomic E-state index is 0.757. The van der Waals surface area contributed by atoms with Gasteiger partial charge in [0.1, 0.15) is 0 Å². The minimum absolute atomic E-state index is 0.757. The number of benzene rings is 1. The Morgan fingerprint density at radius 3 is 2.60 bits per heavy atom. The highest BCUT2D eigenvalue weighted by Gasteiger charge is 1.96. The highest BCUT2D eigenvalue weighted by molar-refractivity contribution is 5.41. The van der Waals surface area contributed by atoms with Gasteiger partial charge in [-0.1, -0.05) is 66.5 Å². The van der Waals surface area contributed by atoms with E-state index < -0.39 is 0 Å². The number of allylic oxidation sites excluding steroid dienone is 5. The monoisotopic (exact) mass is 265 g/mol. The molecule has 0 aliphatic rings. The maximum Gasteiger partial charge on any atom is 0.0605 e. The van der Waals surface area contributed by atoms with Crippen molar-refractivity contribution in [2.45, 2.75) is 20.4 Å². The van der Waals surface area contributed by atoms with Crippen LogP contribution in [0.4, 0.5) is 0 Å². The summed E-state index contributed by atoms with van der Waals surface area (Å²) < 4.78 is 0. The van der Waals surface area contributed by atoms with Gasteiger partial charge in [-0.05, 0) is 32.5 Å². The summed E-state index contributed by atoms with van der Waals surface area (Å²) in [6, 6.07) is 10.4. The van der Waals surface area contributed by atoms with Crippen LogP contribution < -0.4 is 0 Å². The predicted octanol–water partition coefficient (Wildman–Crippen LogP) is 4.20. The summed E-state index contributed by atoms with van der Waals surface area (Å²) in [5, 5.41) is 0. The van der Waals surface area contributed by atoms with E-state index in [1.165, 1.54) is 5.56 Å². The molecular weight excluding hydrogens is 242 g/mol. The lowest BCUT2D eigenvalue weighted by molar-refractivity contribution is 0.369. The molecule has 0 aliphatic heterocycles. The molecule has 0 bridgehead atoms. The Bertz CT molecular complexity index is 538.